The van der Waals surface area contributed by atoms with E-state index < -0.39 is 8.25 Å². The number of quaternary nitrogens is 2. The van der Waals surface area contributed by atoms with E-state index in [0.717, 1.165) is 0 Å². The molecule has 0 aliphatic rings. The molecule has 0 aromatic rings. The van der Waals surface area contributed by atoms with E-state index >= 15 is 0 Å². The average molecular weight is 133 g/mol. The lowest BCUT2D eigenvalue weighted by molar-refractivity contribution is -0.297. The standard InChI is InChI=1S/2H3N.HO3P.H2O/c;;1-4(2)3;/h2*1H3;(H,1,2,3);1H2/p+1. The van der Waals surface area contributed by atoms with Crippen LogP contribution in [0, 0.1) is 0 Å². The fraction of sp³-hybridized carbons (Fsp3) is 0. The third kappa shape index (κ3) is 8970. The minimum atomic E-state index is -3.37. The molecule has 48 valence electrons. The topological polar surface area (TPSA) is 168 Å². The van der Waals surface area contributed by atoms with E-state index in [2.05, 4.69) is 0 Å². The van der Waals surface area contributed by atoms with Crippen molar-refractivity contribution in [2.24, 2.45) is 0 Å². The van der Waals surface area contributed by atoms with Gasteiger partial charge < -0.3 is 27.6 Å². The summed E-state index contributed by atoms with van der Waals surface area (Å²) >= 11 is 0. The van der Waals surface area contributed by atoms with Crippen LogP contribution in [-0.2, 0) is 4.57 Å². The number of hydrogen-bond donors (Lipinski definition) is 2. The molecule has 6 nitrogen and oxygen atoms in total. The molecule has 0 aliphatic carbocycles. The SMILES string of the molecule is O.O=[P+]([O-])[O-].[NH4+].[NH4+]. The molecule has 0 unspecified atom stereocenters. The highest BCUT2D eigenvalue weighted by Crippen LogP contribution is 1.79. The molecule has 0 aliphatic heterocycles. The first-order valence-corrected chi connectivity index (χ1v) is 1.64. The molecule has 0 aromatic heterocycles. The maximum Gasteiger partial charge on any atom is 0.276 e. The molecule has 10 N–H and O–H groups in total. The van der Waals surface area contributed by atoms with Gasteiger partial charge >= 0.3 is 0 Å². The second kappa shape index (κ2) is 16.8. The molecule has 0 heterocycles. The fourth-order valence-electron chi connectivity index (χ4n) is 0. The first kappa shape index (κ1) is 28.6. The smallest absolute Gasteiger partial charge is 0.276 e. The maximum absolute atomic E-state index is 8.48. The summed E-state index contributed by atoms with van der Waals surface area (Å²) < 4.78 is 8.48. The van der Waals surface area contributed by atoms with Crippen molar-refractivity contribution in [1.29, 1.82) is 0 Å². The van der Waals surface area contributed by atoms with Crippen LogP contribution in [0.25, 0.3) is 0 Å². The van der Waals surface area contributed by atoms with E-state index in [1.807, 2.05) is 0 Å². The highest BCUT2D eigenvalue weighted by atomic mass is 31.1. The summed E-state index contributed by atoms with van der Waals surface area (Å²) in [5.74, 6) is 0. The van der Waals surface area contributed by atoms with Crippen LogP contribution in [0.5, 0.6) is 0 Å². The van der Waals surface area contributed by atoms with Gasteiger partial charge in [0.25, 0.3) is 8.25 Å². The van der Waals surface area contributed by atoms with Crippen LogP contribution in [0.3, 0.4) is 0 Å². The Morgan fingerprint density at radius 1 is 1.14 bits per heavy atom. The Bertz CT molecular complexity index is 32.7. The molecule has 0 amide bonds. The predicted octanol–water partition coefficient (Wildman–Crippen LogP) is -1.71. The van der Waals surface area contributed by atoms with Crippen LogP contribution in [-0.4, -0.2) is 5.48 Å². The van der Waals surface area contributed by atoms with Gasteiger partial charge in [-0.3, -0.25) is 0 Å². The minimum absolute atomic E-state index is 0. The lowest BCUT2D eigenvalue weighted by Gasteiger charge is -1.75. The van der Waals surface area contributed by atoms with Gasteiger partial charge in [-0.05, 0) is 0 Å². The van der Waals surface area contributed by atoms with E-state index in [9.17, 15) is 0 Å². The van der Waals surface area contributed by atoms with Crippen molar-refractivity contribution in [2.75, 3.05) is 0 Å². The van der Waals surface area contributed by atoms with Crippen molar-refractivity contribution >= 4 is 8.25 Å². The van der Waals surface area contributed by atoms with Gasteiger partial charge in [-0.15, -0.1) is 0 Å². The van der Waals surface area contributed by atoms with Crippen molar-refractivity contribution in [1.82, 2.24) is 12.3 Å². The van der Waals surface area contributed by atoms with Gasteiger partial charge in [0.05, 0.1) is 0 Å². The second-order valence-corrected chi connectivity index (χ2v) is 0.671. The molecule has 0 saturated heterocycles. The van der Waals surface area contributed by atoms with Crippen LogP contribution in [0.15, 0.2) is 0 Å². The average Bonchev–Trinajstić information content (AvgIpc) is 0.811. The van der Waals surface area contributed by atoms with Crippen LogP contribution < -0.4 is 22.1 Å². The molecule has 0 aromatic carbocycles. The van der Waals surface area contributed by atoms with Gasteiger partial charge in [0.1, 0.15) is 0 Å². The normalized spacial score (nSPS) is 3.71. The largest absolute Gasteiger partial charge is 0.598 e. The van der Waals surface area contributed by atoms with E-state index in [1.54, 1.807) is 0 Å². The number of rotatable bonds is 0. The van der Waals surface area contributed by atoms with Crippen molar-refractivity contribution in [3.05, 3.63) is 0 Å². The van der Waals surface area contributed by atoms with Crippen molar-refractivity contribution in [2.45, 2.75) is 0 Å². The summed E-state index contributed by atoms with van der Waals surface area (Å²) in [4.78, 5) is 17.0. The Balaban J connectivity index is -0.0000000150. The highest BCUT2D eigenvalue weighted by molar-refractivity contribution is 7.27. The minimum Gasteiger partial charge on any atom is -0.598 e. The molecule has 0 rings (SSSR count). The zero-order valence-electron chi connectivity index (χ0n) is 4.17. The molecule has 0 spiro atoms. The van der Waals surface area contributed by atoms with Gasteiger partial charge in [-0.25, -0.2) is 0 Å². The fourth-order valence-corrected chi connectivity index (χ4v) is 0. The van der Waals surface area contributed by atoms with Gasteiger partial charge in [0.2, 0.25) is 0 Å². The highest BCUT2D eigenvalue weighted by Gasteiger charge is 1.53. The summed E-state index contributed by atoms with van der Waals surface area (Å²) in [5.41, 5.74) is 0. The van der Waals surface area contributed by atoms with Crippen molar-refractivity contribution < 1.29 is 19.8 Å². The van der Waals surface area contributed by atoms with Crippen LogP contribution in [0.4, 0.5) is 0 Å². The molecule has 0 atom stereocenters. The van der Waals surface area contributed by atoms with Crippen LogP contribution in [0.1, 0.15) is 0 Å². The predicted molar refractivity (Wildman–Crippen MR) is 23.2 cm³/mol. The molecule has 0 fully saturated rings. The zero-order valence-corrected chi connectivity index (χ0v) is 5.07. The van der Waals surface area contributed by atoms with Gasteiger partial charge in [-0.1, -0.05) is 4.57 Å². The van der Waals surface area contributed by atoms with Crippen LogP contribution in [0.2, 0.25) is 0 Å². The summed E-state index contributed by atoms with van der Waals surface area (Å²) in [7, 11) is -3.37. The maximum atomic E-state index is 8.48. The van der Waals surface area contributed by atoms with Gasteiger partial charge in [0.15, 0.2) is 0 Å². The third-order valence-electron chi connectivity index (χ3n) is 0. The Kier molecular flexibility index (Phi) is 68.7. The van der Waals surface area contributed by atoms with Crippen molar-refractivity contribution in [3.63, 3.8) is 0 Å². The summed E-state index contributed by atoms with van der Waals surface area (Å²) in [6.07, 6.45) is 0. The molecule has 0 saturated carbocycles. The molecular formula is H10N2O4P+. The second-order valence-electron chi connectivity index (χ2n) is 0.224. The van der Waals surface area contributed by atoms with Gasteiger partial charge in [0, 0.05) is 0 Å². The molecule has 0 radical (unpaired) electrons. The van der Waals surface area contributed by atoms with Gasteiger partial charge in [-0.2, -0.15) is 0 Å². The van der Waals surface area contributed by atoms with E-state index in [0.29, 0.717) is 0 Å². The number of hydrogen-bond acceptors (Lipinski definition) is 3. The first-order chi connectivity index (χ1) is 1.73. The Morgan fingerprint density at radius 3 is 1.14 bits per heavy atom. The monoisotopic (exact) mass is 133 g/mol. The van der Waals surface area contributed by atoms with E-state index in [1.165, 1.54) is 0 Å². The molecular weight excluding hydrogens is 123 g/mol. The quantitative estimate of drug-likeness (QED) is 0.376. The van der Waals surface area contributed by atoms with Crippen molar-refractivity contribution in [3.8, 4) is 0 Å². The zero-order chi connectivity index (χ0) is 3.58. The first-order valence-electron chi connectivity index (χ1n) is 0.548. The van der Waals surface area contributed by atoms with E-state index in [-0.39, 0.29) is 17.8 Å². The summed E-state index contributed by atoms with van der Waals surface area (Å²) in [6, 6.07) is 0. The van der Waals surface area contributed by atoms with E-state index in [4.69, 9.17) is 14.4 Å². The summed E-state index contributed by atoms with van der Waals surface area (Å²) in [6.45, 7) is 0. The lowest BCUT2D eigenvalue weighted by atomic mass is 14.0. The Labute approximate surface area is 41.6 Å². The Morgan fingerprint density at radius 2 is 1.14 bits per heavy atom. The lowest BCUT2D eigenvalue weighted by Crippen LogP contribution is -1.97. The summed E-state index contributed by atoms with van der Waals surface area (Å²) in [5, 5.41) is 0. The Hall–Kier alpha value is -0.100. The van der Waals surface area contributed by atoms with Crippen LogP contribution >= 0.6 is 8.25 Å². The third-order valence-corrected chi connectivity index (χ3v) is 0. The molecule has 0 bridgehead atoms. The molecule has 7 heavy (non-hydrogen) atoms. The molecule has 7 heteroatoms.